The van der Waals surface area contributed by atoms with Gasteiger partial charge in [0, 0.05) is 19.5 Å². The molecule has 5 rings (SSSR count). The molecule has 0 bridgehead atoms. The number of allylic oxidation sites excluding steroid dienone is 4. The number of benzene rings is 1. The fourth-order valence-corrected chi connectivity index (χ4v) is 13.3. The van der Waals surface area contributed by atoms with Crippen molar-refractivity contribution in [1.82, 2.24) is 4.90 Å². The number of amides is 2. The Labute approximate surface area is 264 Å². The third-order valence-corrected chi connectivity index (χ3v) is 14.9. The summed E-state index contributed by atoms with van der Waals surface area (Å²) in [6.07, 6.45) is 18.7. The minimum Gasteiger partial charge on any atom is -0.418 e. The summed E-state index contributed by atoms with van der Waals surface area (Å²) in [4.78, 5) is 28.9. The van der Waals surface area contributed by atoms with Gasteiger partial charge in [-0.05, 0) is 79.6 Å². The average molecular weight is 713 g/mol. The van der Waals surface area contributed by atoms with E-state index in [0.717, 1.165) is 16.2 Å². The molecule has 0 unspecified atom stereocenters. The molecule has 2 amide bonds. The number of nitrogens with zero attached hydrogens (tertiary/aromatic N) is 1. The minimum absolute atomic E-state index is 0. The Hall–Kier alpha value is -1.15. The van der Waals surface area contributed by atoms with Crippen molar-refractivity contribution in [2.45, 2.75) is 108 Å². The van der Waals surface area contributed by atoms with Crippen LogP contribution < -0.4 is 0 Å². The van der Waals surface area contributed by atoms with Gasteiger partial charge in [0.05, 0.1) is 17.2 Å². The van der Waals surface area contributed by atoms with Crippen LogP contribution in [-0.2, 0) is 35.6 Å². The van der Waals surface area contributed by atoms with Crippen LogP contribution in [0.25, 0.3) is 0 Å². The zero-order chi connectivity index (χ0) is 30.2. The Morgan fingerprint density at radius 2 is 0.976 bits per heavy atom. The molecular formula is C31H43BF4NO2P2Rh-. The predicted molar refractivity (Wildman–Crippen MR) is 166 cm³/mol. The van der Waals surface area contributed by atoms with E-state index in [1.165, 1.54) is 51.4 Å². The normalized spacial score (nSPS) is 28.2. The van der Waals surface area contributed by atoms with Gasteiger partial charge in [0.2, 0.25) is 0 Å². The molecule has 1 aliphatic carbocycles. The molecule has 3 aliphatic heterocycles. The van der Waals surface area contributed by atoms with Crippen molar-refractivity contribution in [1.29, 1.82) is 0 Å². The van der Waals surface area contributed by atoms with Crippen molar-refractivity contribution in [2.24, 2.45) is 0 Å². The van der Waals surface area contributed by atoms with Crippen molar-refractivity contribution in [3.63, 3.8) is 0 Å². The van der Waals surface area contributed by atoms with Gasteiger partial charge in [0.25, 0.3) is 11.8 Å². The third-order valence-electron chi connectivity index (χ3n) is 8.06. The zero-order valence-corrected chi connectivity index (χ0v) is 28.4. The van der Waals surface area contributed by atoms with Gasteiger partial charge >= 0.3 is 7.25 Å². The van der Waals surface area contributed by atoms with Crippen LogP contribution in [0.2, 0.25) is 0 Å². The summed E-state index contributed by atoms with van der Waals surface area (Å²) in [5, 5.41) is 1.94. The van der Waals surface area contributed by atoms with E-state index in [9.17, 15) is 26.9 Å². The van der Waals surface area contributed by atoms with Crippen molar-refractivity contribution in [3.05, 3.63) is 70.8 Å². The second kappa shape index (κ2) is 17.4. The van der Waals surface area contributed by atoms with Gasteiger partial charge in [-0.2, -0.15) is 0 Å². The molecule has 4 atom stereocenters. The van der Waals surface area contributed by atoms with E-state index in [-0.39, 0.29) is 31.3 Å². The molecule has 1 radical (unpaired) electrons. The fraction of sp³-hybridized carbons (Fsp3) is 0.548. The molecular weight excluding hydrogens is 670 g/mol. The SMILES string of the molecule is C1=C\CC/C=C\CC/1.C[C@@H]1CC[C@@H](C)P1C1=C(P2[C@H](C)CC[C@H]2C)C(=O)N(Cc2ccccc2)C1=O.F[B-](F)(F)F.[Rh]. The Bertz CT molecular complexity index is 1030. The van der Waals surface area contributed by atoms with Crippen LogP contribution in [0.4, 0.5) is 17.3 Å². The number of carbonyl (C=O) groups is 2. The maximum atomic E-state index is 13.7. The molecule has 2 fully saturated rings. The molecule has 3 nitrogen and oxygen atoms in total. The summed E-state index contributed by atoms with van der Waals surface area (Å²) in [6.45, 7) is 9.60. The Morgan fingerprint density at radius 3 is 1.29 bits per heavy atom. The molecule has 0 spiro atoms. The van der Waals surface area contributed by atoms with E-state index < -0.39 is 23.1 Å². The molecule has 2 saturated heterocycles. The van der Waals surface area contributed by atoms with E-state index >= 15 is 0 Å². The van der Waals surface area contributed by atoms with Crippen LogP contribution in [-0.4, -0.2) is 46.6 Å². The Kier molecular flexibility index (Phi) is 15.3. The molecule has 1 aromatic rings. The van der Waals surface area contributed by atoms with E-state index in [0.29, 0.717) is 29.2 Å². The van der Waals surface area contributed by atoms with Crippen LogP contribution in [0.5, 0.6) is 0 Å². The summed E-state index contributed by atoms with van der Waals surface area (Å²) in [6, 6.07) is 9.95. The van der Waals surface area contributed by atoms with Crippen LogP contribution >= 0.6 is 15.8 Å². The molecule has 3 heterocycles. The van der Waals surface area contributed by atoms with Crippen molar-refractivity contribution >= 4 is 34.9 Å². The monoisotopic (exact) mass is 713 g/mol. The smallest absolute Gasteiger partial charge is 0.418 e. The van der Waals surface area contributed by atoms with Crippen molar-refractivity contribution in [3.8, 4) is 0 Å². The van der Waals surface area contributed by atoms with E-state index in [4.69, 9.17) is 0 Å². The van der Waals surface area contributed by atoms with Gasteiger partial charge in [-0.1, -0.05) is 98.2 Å². The number of carbonyl (C=O) groups excluding carboxylic acids is 2. The van der Waals surface area contributed by atoms with E-state index in [1.807, 2.05) is 30.3 Å². The maximum absolute atomic E-state index is 13.7. The van der Waals surface area contributed by atoms with Crippen LogP contribution in [0.15, 0.2) is 65.3 Å². The number of hydrogen-bond acceptors (Lipinski definition) is 2. The zero-order valence-electron chi connectivity index (χ0n) is 25.0. The Balaban J connectivity index is 0.000000367. The van der Waals surface area contributed by atoms with Crippen LogP contribution in [0.1, 0.15) is 84.6 Å². The largest absolute Gasteiger partial charge is 0.673 e. The second-order valence-corrected chi connectivity index (χ2v) is 17.4. The number of hydrogen-bond donors (Lipinski definition) is 0. The number of imide groups is 1. The molecule has 11 heteroatoms. The molecule has 0 N–H and O–H groups in total. The van der Waals surface area contributed by atoms with Gasteiger partial charge < -0.3 is 17.3 Å². The van der Waals surface area contributed by atoms with Gasteiger partial charge in [-0.25, -0.2) is 0 Å². The summed E-state index contributed by atoms with van der Waals surface area (Å²) in [7, 11) is -7.09. The molecule has 0 aromatic heterocycles. The average Bonchev–Trinajstić information content (AvgIpc) is 3.46. The van der Waals surface area contributed by atoms with Gasteiger partial charge in [0.1, 0.15) is 0 Å². The van der Waals surface area contributed by atoms with E-state index in [2.05, 4.69) is 52.0 Å². The quantitative estimate of drug-likeness (QED) is 0.103. The van der Waals surface area contributed by atoms with Crippen molar-refractivity contribution < 1.29 is 46.3 Å². The number of halogens is 4. The topological polar surface area (TPSA) is 37.4 Å². The predicted octanol–water partition coefficient (Wildman–Crippen LogP) is 9.84. The Morgan fingerprint density at radius 1 is 0.667 bits per heavy atom. The molecule has 1 aromatic carbocycles. The summed E-state index contributed by atoms with van der Waals surface area (Å²) in [5.41, 5.74) is 3.22. The van der Waals surface area contributed by atoms with Gasteiger partial charge in [-0.3, -0.25) is 14.5 Å². The molecule has 42 heavy (non-hydrogen) atoms. The van der Waals surface area contributed by atoms with Crippen molar-refractivity contribution in [2.75, 3.05) is 0 Å². The minimum atomic E-state index is -6.00. The molecule has 235 valence electrons. The summed E-state index contributed by atoms with van der Waals surface area (Å²) < 4.78 is 39.0. The maximum Gasteiger partial charge on any atom is 0.673 e. The fourth-order valence-electron chi connectivity index (χ4n) is 6.05. The third kappa shape index (κ3) is 10.5. The first kappa shape index (κ1) is 37.0. The van der Waals surface area contributed by atoms with Gasteiger partial charge in [-0.15, -0.1) is 0 Å². The first-order valence-electron chi connectivity index (χ1n) is 14.8. The van der Waals surface area contributed by atoms with E-state index in [1.54, 1.807) is 4.90 Å². The molecule has 0 saturated carbocycles. The van der Waals surface area contributed by atoms with Gasteiger partial charge in [0.15, 0.2) is 0 Å². The summed E-state index contributed by atoms with van der Waals surface area (Å²) in [5.74, 6) is 0.0636. The first-order valence-corrected chi connectivity index (χ1v) is 17.7. The molecule has 4 aliphatic rings. The standard InChI is InChI=1S/C23H31NO2P2.C8H12.BF4.Rh/c1-15-10-11-16(2)27(15)20-21(28-17(3)12-13-18(28)4)23(26)24(22(20)25)14-19-8-6-5-7-9-19;1-2-4-6-8-7-5-3-1;2-1(3,4)5;/h5-9,15-18H,10-14H2,1-4H3;1-2,7-8H,3-6H2;;/q;;-1;/b;2-1-,8-7-;;/t15-,16-,17-,18-;;;/m1.../s1. The van der Waals surface area contributed by atoms with Crippen LogP contribution in [0.3, 0.4) is 0 Å². The summed E-state index contributed by atoms with van der Waals surface area (Å²) >= 11 is 0. The second-order valence-electron chi connectivity index (χ2n) is 11.3. The number of rotatable bonds is 4. The first-order chi connectivity index (χ1) is 19.4. The van der Waals surface area contributed by atoms with Crippen LogP contribution in [0, 0.1) is 0 Å².